The van der Waals surface area contributed by atoms with Gasteiger partial charge in [0.15, 0.2) is 0 Å². The molecule has 3 nitrogen and oxygen atoms in total. The highest BCUT2D eigenvalue weighted by Gasteiger charge is 2.15. The minimum absolute atomic E-state index is 0.111. The van der Waals surface area contributed by atoms with Crippen LogP contribution >= 0.6 is 23.2 Å². The zero-order chi connectivity index (χ0) is 24.6. The molecule has 34 heavy (non-hydrogen) atoms. The summed E-state index contributed by atoms with van der Waals surface area (Å²) in [5.41, 5.74) is 3.18. The standard InChI is InChI=1S/C29H42Cl2N2O/c1-3-5-6-7-8-9-10-11-12-13-14-29(34)32-28-17-15-24(16-18-28)22-33(4-2)23-25-19-26(30)21-27(31)20-25/h15-21H,3-14,22-23H2,1-2H3,(H,32,34)/q+1. The van der Waals surface area contributed by atoms with E-state index in [1.807, 2.05) is 24.3 Å². The Labute approximate surface area is 217 Å². The van der Waals surface area contributed by atoms with Gasteiger partial charge in [-0.15, -0.1) is 0 Å². The van der Waals surface area contributed by atoms with Crippen LogP contribution in [0.2, 0.25) is 10.0 Å². The fourth-order valence-corrected chi connectivity index (χ4v) is 4.76. The highest BCUT2D eigenvalue weighted by molar-refractivity contribution is 6.34. The molecule has 0 bridgehead atoms. The second-order valence-electron chi connectivity index (χ2n) is 9.26. The van der Waals surface area contributed by atoms with Gasteiger partial charge in [0.2, 0.25) is 5.91 Å². The lowest BCUT2D eigenvalue weighted by Crippen LogP contribution is -2.28. The van der Waals surface area contributed by atoms with Crippen LogP contribution in [-0.2, 0) is 17.9 Å². The predicted octanol–water partition coefficient (Wildman–Crippen LogP) is 9.10. The Bertz CT molecular complexity index is 818. The third-order valence-corrected chi connectivity index (χ3v) is 6.61. The molecule has 0 atom stereocenters. The maximum absolute atomic E-state index is 12.3. The quantitative estimate of drug-likeness (QED) is 0.169. The van der Waals surface area contributed by atoms with Gasteiger partial charge in [-0.3, -0.25) is 4.79 Å². The van der Waals surface area contributed by atoms with Crippen molar-refractivity contribution < 1.29 is 4.79 Å². The largest absolute Gasteiger partial charge is 0.326 e. The number of nitrogens with zero attached hydrogens (tertiary/aromatic N) is 1. The molecule has 0 spiro atoms. The zero-order valence-electron chi connectivity index (χ0n) is 21.1. The molecule has 1 N–H and O–H groups in total. The number of carbonyl (C=O) groups is 1. The van der Waals surface area contributed by atoms with Crippen molar-refractivity contribution in [1.82, 2.24) is 4.90 Å². The van der Waals surface area contributed by atoms with Gasteiger partial charge in [-0.2, -0.15) is 4.90 Å². The van der Waals surface area contributed by atoms with Crippen LogP contribution in [0.5, 0.6) is 0 Å². The summed E-state index contributed by atoms with van der Waals surface area (Å²) in [6.07, 6.45) is 13.4. The Kier molecular flexibility index (Phi) is 14.3. The summed E-state index contributed by atoms with van der Waals surface area (Å²) in [6.45, 7) is 6.94. The number of carbonyl (C=O) groups excluding carboxylic acids is 1. The normalized spacial score (nSPS) is 11.2. The van der Waals surface area contributed by atoms with Crippen molar-refractivity contribution in [1.29, 1.82) is 0 Å². The van der Waals surface area contributed by atoms with E-state index >= 15 is 0 Å². The second-order valence-corrected chi connectivity index (χ2v) is 10.1. The van der Waals surface area contributed by atoms with Crippen LogP contribution in [0.25, 0.3) is 0 Å². The van der Waals surface area contributed by atoms with Crippen molar-refractivity contribution >= 4 is 34.8 Å². The number of nitrogens with one attached hydrogen (secondary N) is 1. The number of hydrogen-bond donors (Lipinski definition) is 1. The maximum Gasteiger partial charge on any atom is 0.224 e. The molecule has 0 aliphatic rings. The van der Waals surface area contributed by atoms with Crippen LogP contribution in [0.4, 0.5) is 5.69 Å². The van der Waals surface area contributed by atoms with Crippen molar-refractivity contribution in [3.63, 3.8) is 0 Å². The molecule has 2 aromatic rings. The first-order valence-electron chi connectivity index (χ1n) is 13.1. The first-order valence-corrected chi connectivity index (χ1v) is 13.8. The molecule has 0 unspecified atom stereocenters. The molecule has 0 saturated carbocycles. The lowest BCUT2D eigenvalue weighted by molar-refractivity contribution is -0.116. The van der Waals surface area contributed by atoms with Crippen molar-refractivity contribution in [3.8, 4) is 0 Å². The highest BCUT2D eigenvalue weighted by Crippen LogP contribution is 2.20. The van der Waals surface area contributed by atoms with E-state index in [0.717, 1.165) is 43.7 Å². The Balaban J connectivity index is 1.65. The maximum atomic E-state index is 12.3. The molecule has 0 aliphatic carbocycles. The number of unbranched alkanes of at least 4 members (excludes halogenated alkanes) is 9. The third-order valence-electron chi connectivity index (χ3n) is 6.18. The highest BCUT2D eigenvalue weighted by atomic mass is 35.5. The predicted molar refractivity (Wildman–Crippen MR) is 148 cm³/mol. The van der Waals surface area contributed by atoms with Crippen LogP contribution in [0.3, 0.4) is 0 Å². The molecule has 0 aliphatic heterocycles. The summed E-state index contributed by atoms with van der Waals surface area (Å²) in [7, 11) is 0. The lowest BCUT2D eigenvalue weighted by Gasteiger charge is -2.12. The number of halogens is 2. The Hall–Kier alpha value is -1.55. The van der Waals surface area contributed by atoms with Crippen molar-refractivity contribution in [2.45, 2.75) is 97.6 Å². The van der Waals surface area contributed by atoms with Crippen LogP contribution < -0.4 is 10.2 Å². The Morgan fingerprint density at radius 3 is 1.82 bits per heavy atom. The van der Waals surface area contributed by atoms with Gasteiger partial charge in [0.05, 0.1) is 0 Å². The third kappa shape index (κ3) is 12.2. The lowest BCUT2D eigenvalue weighted by atomic mass is 10.1. The molecule has 0 saturated heterocycles. The summed E-state index contributed by atoms with van der Waals surface area (Å²) in [6, 6.07) is 13.8. The second kappa shape index (κ2) is 17.0. The van der Waals surface area contributed by atoms with Gasteiger partial charge in [-0.25, -0.2) is 0 Å². The average Bonchev–Trinajstić information content (AvgIpc) is 2.80. The van der Waals surface area contributed by atoms with Gasteiger partial charge in [0.1, 0.15) is 19.6 Å². The van der Waals surface area contributed by atoms with Gasteiger partial charge >= 0.3 is 0 Å². The molecule has 1 amide bonds. The summed E-state index contributed by atoms with van der Waals surface area (Å²) >= 11 is 12.3. The Morgan fingerprint density at radius 1 is 0.735 bits per heavy atom. The van der Waals surface area contributed by atoms with Crippen LogP contribution in [-0.4, -0.2) is 12.5 Å². The number of benzene rings is 2. The van der Waals surface area contributed by atoms with E-state index in [4.69, 9.17) is 23.2 Å². The van der Waals surface area contributed by atoms with Crippen molar-refractivity contribution in [2.24, 2.45) is 0 Å². The van der Waals surface area contributed by atoms with Gasteiger partial charge in [0, 0.05) is 33.3 Å². The Morgan fingerprint density at radius 2 is 1.26 bits per heavy atom. The first-order chi connectivity index (χ1) is 16.5. The number of hydrogen-bond acceptors (Lipinski definition) is 2. The fourth-order valence-electron chi connectivity index (χ4n) is 4.19. The number of amides is 1. The summed E-state index contributed by atoms with van der Waals surface area (Å²) in [5.74, 6) is 0.111. The molecule has 0 heterocycles. The molecule has 2 aromatic carbocycles. The molecule has 5 heteroatoms. The van der Waals surface area contributed by atoms with E-state index in [2.05, 4.69) is 36.2 Å². The summed E-state index contributed by atoms with van der Waals surface area (Å²) in [4.78, 5) is 14.6. The molecular weight excluding hydrogens is 463 g/mol. The van der Waals surface area contributed by atoms with E-state index in [1.165, 1.54) is 56.9 Å². The molecular formula is C29H42Cl2N2O+. The minimum Gasteiger partial charge on any atom is -0.326 e. The van der Waals surface area contributed by atoms with Crippen molar-refractivity contribution in [2.75, 3.05) is 11.9 Å². The van der Waals surface area contributed by atoms with E-state index in [1.54, 1.807) is 6.07 Å². The molecule has 187 valence electrons. The van der Waals surface area contributed by atoms with Crippen molar-refractivity contribution in [3.05, 3.63) is 63.6 Å². The van der Waals surface area contributed by atoms with E-state index < -0.39 is 0 Å². The van der Waals surface area contributed by atoms with Crippen LogP contribution in [0, 0.1) is 0 Å². The smallest absolute Gasteiger partial charge is 0.224 e. The molecule has 0 fully saturated rings. The van der Waals surface area contributed by atoms with E-state index in [9.17, 15) is 4.79 Å². The van der Waals surface area contributed by atoms with Crippen LogP contribution in [0.1, 0.15) is 95.6 Å². The average molecular weight is 506 g/mol. The van der Waals surface area contributed by atoms with Gasteiger partial charge in [-0.05, 0) is 43.7 Å². The molecule has 1 radical (unpaired) electrons. The summed E-state index contributed by atoms with van der Waals surface area (Å²) < 4.78 is 0. The minimum atomic E-state index is 0.111. The zero-order valence-corrected chi connectivity index (χ0v) is 22.6. The van der Waals surface area contributed by atoms with Gasteiger partial charge < -0.3 is 5.32 Å². The topological polar surface area (TPSA) is 35.0 Å². The van der Waals surface area contributed by atoms with Gasteiger partial charge in [-0.1, -0.05) is 100 Å². The SMILES string of the molecule is CCCCCCCCCCCCC(=O)Nc1ccc(C[N+](CC)Cc2cc(Cl)cc(Cl)c2)cc1. The first kappa shape index (κ1) is 28.7. The van der Waals surface area contributed by atoms with Gasteiger partial charge in [0.25, 0.3) is 0 Å². The number of anilines is 1. The molecule has 0 aromatic heterocycles. The summed E-state index contributed by atoms with van der Waals surface area (Å²) in [5, 5.41) is 4.36. The molecule has 2 rings (SSSR count). The van der Waals surface area contributed by atoms with E-state index in [0.29, 0.717) is 16.5 Å². The van der Waals surface area contributed by atoms with E-state index in [-0.39, 0.29) is 5.91 Å². The fraction of sp³-hybridized carbons (Fsp3) is 0.552. The monoisotopic (exact) mass is 504 g/mol. The number of rotatable bonds is 17. The van der Waals surface area contributed by atoms with Crippen LogP contribution in [0.15, 0.2) is 42.5 Å².